The van der Waals surface area contributed by atoms with E-state index in [0.29, 0.717) is 0 Å². The van der Waals surface area contributed by atoms with Crippen molar-refractivity contribution in [3.8, 4) is 0 Å². The maximum atomic E-state index is 4.84. The summed E-state index contributed by atoms with van der Waals surface area (Å²) in [5.41, 5.74) is 1.20. The topological polar surface area (TPSA) is 0 Å². The fourth-order valence-corrected chi connectivity index (χ4v) is 5.03. The van der Waals surface area contributed by atoms with Crippen LogP contribution in [-0.2, 0) is 0 Å². The Morgan fingerprint density at radius 1 is 0.565 bits per heavy atom. The van der Waals surface area contributed by atoms with Gasteiger partial charge in [0.1, 0.15) is 0 Å². The Labute approximate surface area is 156 Å². The van der Waals surface area contributed by atoms with Gasteiger partial charge in [0.2, 0.25) is 0 Å². The Morgan fingerprint density at radius 2 is 1.00 bits per heavy atom. The number of hydrogen-bond acceptors (Lipinski definition) is 4. The van der Waals surface area contributed by atoms with E-state index in [1.807, 2.05) is 12.1 Å². The molecular weight excluding hydrogens is 356 g/mol. The monoisotopic (exact) mass is 370 g/mol. The van der Waals surface area contributed by atoms with Gasteiger partial charge < -0.3 is 0 Å². The number of hydrogen-bond donors (Lipinski definition) is 4. The van der Waals surface area contributed by atoms with E-state index in [9.17, 15) is 0 Å². The second-order valence-corrected chi connectivity index (χ2v) is 7.53. The molecule has 0 aliphatic carbocycles. The van der Waals surface area contributed by atoms with Gasteiger partial charge in [-0.25, -0.2) is 0 Å². The minimum absolute atomic E-state index is 0.927. The lowest BCUT2D eigenvalue weighted by atomic mass is 9.98. The van der Waals surface area contributed by atoms with E-state index >= 15 is 0 Å². The van der Waals surface area contributed by atoms with E-state index in [1.54, 1.807) is 0 Å². The number of aryl methyl sites for hydroxylation is 1. The van der Waals surface area contributed by atoms with Gasteiger partial charge in [0.25, 0.3) is 0 Å². The molecule has 4 rings (SSSR count). The lowest BCUT2D eigenvalue weighted by Gasteiger charge is -2.17. The molecule has 4 aromatic carbocycles. The molecule has 0 N–H and O–H groups in total. The third-order valence-electron chi connectivity index (χ3n) is 4.32. The summed E-state index contributed by atoms with van der Waals surface area (Å²) >= 11 is 19.3. The number of rotatable bonds is 0. The fourth-order valence-electron chi connectivity index (χ4n) is 3.19. The summed E-state index contributed by atoms with van der Waals surface area (Å²) in [5.74, 6) is 0. The highest BCUT2D eigenvalue weighted by Crippen LogP contribution is 2.46. The third kappa shape index (κ3) is 2.19. The van der Waals surface area contributed by atoms with Crippen molar-refractivity contribution in [2.75, 3.05) is 0 Å². The van der Waals surface area contributed by atoms with Crippen molar-refractivity contribution in [3.63, 3.8) is 0 Å². The molecular formula is C19H14S4. The first kappa shape index (κ1) is 15.6. The Balaban J connectivity index is 2.40. The zero-order valence-corrected chi connectivity index (χ0v) is 15.9. The Kier molecular flexibility index (Phi) is 3.76. The molecule has 0 saturated heterocycles. The molecule has 0 aliphatic rings. The maximum absolute atomic E-state index is 4.84. The highest BCUT2D eigenvalue weighted by Gasteiger charge is 2.17. The number of benzene rings is 4. The fraction of sp³-hybridized carbons (Fsp3) is 0.0526. The molecule has 0 fully saturated rings. The SMILES string of the molecule is Cc1ccc2c(S)c3c(S)c4ccccc4c(S)c3c(S)c2c1. The van der Waals surface area contributed by atoms with E-state index in [2.05, 4.69) is 37.3 Å². The third-order valence-corrected chi connectivity index (χ3v) is 6.18. The minimum atomic E-state index is 0.927. The average Bonchev–Trinajstić information content (AvgIpc) is 2.56. The van der Waals surface area contributed by atoms with Gasteiger partial charge in [0.15, 0.2) is 0 Å². The van der Waals surface area contributed by atoms with Crippen molar-refractivity contribution in [1.82, 2.24) is 0 Å². The normalized spacial score (nSPS) is 11.7. The van der Waals surface area contributed by atoms with Crippen molar-refractivity contribution >= 4 is 82.8 Å². The van der Waals surface area contributed by atoms with Crippen LogP contribution in [0.25, 0.3) is 32.3 Å². The summed E-state index contributed by atoms with van der Waals surface area (Å²) in [6.45, 7) is 2.08. The van der Waals surface area contributed by atoms with Crippen molar-refractivity contribution in [3.05, 3.63) is 48.0 Å². The second-order valence-electron chi connectivity index (χ2n) is 5.74. The van der Waals surface area contributed by atoms with E-state index in [4.69, 9.17) is 50.5 Å². The predicted octanol–water partition coefficient (Wildman–Crippen LogP) is 6.61. The summed E-state index contributed by atoms with van der Waals surface area (Å²) in [6.07, 6.45) is 0. The smallest absolute Gasteiger partial charge is 0.0210 e. The van der Waals surface area contributed by atoms with Crippen LogP contribution in [0.15, 0.2) is 62.0 Å². The molecule has 114 valence electrons. The van der Waals surface area contributed by atoms with E-state index in [1.165, 1.54) is 5.56 Å². The average molecular weight is 371 g/mol. The molecule has 4 aromatic rings. The lowest BCUT2D eigenvalue weighted by molar-refractivity contribution is 1.42. The quantitative estimate of drug-likeness (QED) is 0.194. The first-order valence-electron chi connectivity index (χ1n) is 7.21. The molecule has 0 heterocycles. The standard InChI is InChI=1S/C19H14S4/c1-9-6-7-12-13(8-9)19(23)15-14(18(12)22)16(20)10-4-2-3-5-11(10)17(15)21/h2-8,20-23H,1H3. The second kappa shape index (κ2) is 5.55. The highest BCUT2D eigenvalue weighted by atomic mass is 32.1. The van der Waals surface area contributed by atoms with Gasteiger partial charge in [0, 0.05) is 30.4 Å². The predicted molar refractivity (Wildman–Crippen MR) is 113 cm³/mol. The van der Waals surface area contributed by atoms with Crippen LogP contribution in [0.2, 0.25) is 0 Å². The summed E-state index contributed by atoms with van der Waals surface area (Å²) in [5, 5.41) is 6.40. The molecule has 4 heteroatoms. The van der Waals surface area contributed by atoms with Gasteiger partial charge in [-0.15, -0.1) is 50.5 Å². The summed E-state index contributed by atoms with van der Waals surface area (Å²) < 4.78 is 0. The molecule has 0 bridgehead atoms. The Hall–Kier alpha value is -0.940. The van der Waals surface area contributed by atoms with Crippen LogP contribution in [0.5, 0.6) is 0 Å². The largest absolute Gasteiger partial charge is 0.142 e. The van der Waals surface area contributed by atoms with Crippen molar-refractivity contribution in [2.24, 2.45) is 0 Å². The Bertz CT molecular complexity index is 1110. The van der Waals surface area contributed by atoms with E-state index < -0.39 is 0 Å². The van der Waals surface area contributed by atoms with Crippen molar-refractivity contribution in [1.29, 1.82) is 0 Å². The van der Waals surface area contributed by atoms with Gasteiger partial charge in [0.05, 0.1) is 0 Å². The van der Waals surface area contributed by atoms with Gasteiger partial charge in [-0.05, 0) is 28.5 Å². The molecule has 23 heavy (non-hydrogen) atoms. The molecule has 0 spiro atoms. The van der Waals surface area contributed by atoms with Crippen LogP contribution in [0, 0.1) is 6.92 Å². The lowest BCUT2D eigenvalue weighted by Crippen LogP contribution is -1.90. The van der Waals surface area contributed by atoms with E-state index in [0.717, 1.165) is 51.9 Å². The highest BCUT2D eigenvalue weighted by molar-refractivity contribution is 7.83. The van der Waals surface area contributed by atoms with Crippen LogP contribution in [0.3, 0.4) is 0 Å². The van der Waals surface area contributed by atoms with Crippen LogP contribution < -0.4 is 0 Å². The summed E-state index contributed by atoms with van der Waals surface area (Å²) in [6, 6.07) is 14.5. The van der Waals surface area contributed by atoms with Crippen LogP contribution in [-0.4, -0.2) is 0 Å². The molecule has 0 radical (unpaired) electrons. The molecule has 0 aromatic heterocycles. The van der Waals surface area contributed by atoms with Gasteiger partial charge in [-0.3, -0.25) is 0 Å². The molecule has 0 amide bonds. The van der Waals surface area contributed by atoms with E-state index in [-0.39, 0.29) is 0 Å². The van der Waals surface area contributed by atoms with Gasteiger partial charge in [-0.2, -0.15) is 0 Å². The van der Waals surface area contributed by atoms with Crippen molar-refractivity contribution < 1.29 is 0 Å². The summed E-state index contributed by atoms with van der Waals surface area (Å²) in [7, 11) is 0. The van der Waals surface area contributed by atoms with Gasteiger partial charge >= 0.3 is 0 Å². The molecule has 0 unspecified atom stereocenters. The first-order valence-corrected chi connectivity index (χ1v) is 9.00. The zero-order chi connectivity index (χ0) is 16.3. The number of thiol groups is 4. The molecule has 0 atom stereocenters. The van der Waals surface area contributed by atoms with Crippen LogP contribution in [0.4, 0.5) is 0 Å². The Morgan fingerprint density at radius 3 is 1.52 bits per heavy atom. The molecule has 0 nitrogen and oxygen atoms in total. The molecule has 0 aliphatic heterocycles. The maximum Gasteiger partial charge on any atom is 0.0210 e. The van der Waals surface area contributed by atoms with Crippen LogP contribution in [0.1, 0.15) is 5.56 Å². The zero-order valence-electron chi connectivity index (χ0n) is 12.3. The number of fused-ring (bicyclic) bond motifs is 3. The van der Waals surface area contributed by atoms with Gasteiger partial charge in [-0.1, -0.05) is 48.0 Å². The minimum Gasteiger partial charge on any atom is -0.142 e. The summed E-state index contributed by atoms with van der Waals surface area (Å²) in [4.78, 5) is 3.72. The first-order chi connectivity index (χ1) is 11.0. The molecule has 0 saturated carbocycles. The van der Waals surface area contributed by atoms with Crippen LogP contribution >= 0.6 is 50.5 Å². The van der Waals surface area contributed by atoms with Crippen molar-refractivity contribution in [2.45, 2.75) is 26.5 Å².